The summed E-state index contributed by atoms with van der Waals surface area (Å²) in [5.41, 5.74) is 2.31. The van der Waals surface area contributed by atoms with Gasteiger partial charge in [0.2, 0.25) is 0 Å². The normalized spacial score (nSPS) is 12.3. The Morgan fingerprint density at radius 3 is 2.25 bits per heavy atom. The van der Waals surface area contributed by atoms with Gasteiger partial charge < -0.3 is 10.4 Å². The number of rotatable bonds is 6. The van der Waals surface area contributed by atoms with E-state index in [-0.39, 0.29) is 5.82 Å². The summed E-state index contributed by atoms with van der Waals surface area (Å²) in [5.74, 6) is 0.102. The van der Waals surface area contributed by atoms with Gasteiger partial charge in [0.25, 0.3) is 0 Å². The molecule has 0 saturated heterocycles. The summed E-state index contributed by atoms with van der Waals surface area (Å²) in [5, 5.41) is 12.7. The maximum absolute atomic E-state index is 12.8. The molecule has 2 aromatic rings. The Balaban J connectivity index is 1.73. The van der Waals surface area contributed by atoms with Gasteiger partial charge >= 0.3 is 0 Å². The van der Waals surface area contributed by atoms with E-state index in [9.17, 15) is 9.50 Å². The third-order valence-electron chi connectivity index (χ3n) is 3.37. The van der Waals surface area contributed by atoms with Crippen molar-refractivity contribution in [1.82, 2.24) is 5.32 Å². The van der Waals surface area contributed by atoms with Gasteiger partial charge in [-0.2, -0.15) is 0 Å². The van der Waals surface area contributed by atoms with Gasteiger partial charge in [-0.15, -0.1) is 0 Å². The second-order valence-corrected chi connectivity index (χ2v) is 5.11. The van der Waals surface area contributed by atoms with Crippen LogP contribution in [0.3, 0.4) is 0 Å². The number of hydrogen-bond acceptors (Lipinski definition) is 2. The molecule has 0 fully saturated rings. The summed E-state index contributed by atoms with van der Waals surface area (Å²) in [6.07, 6.45) is 1.99. The Kier molecular flexibility index (Phi) is 5.13. The lowest BCUT2D eigenvalue weighted by Crippen LogP contribution is -2.25. The molecule has 0 radical (unpaired) electrons. The maximum atomic E-state index is 12.8. The Labute approximate surface area is 119 Å². The van der Waals surface area contributed by atoms with Crippen molar-refractivity contribution in [2.24, 2.45) is 0 Å². The van der Waals surface area contributed by atoms with Gasteiger partial charge in [-0.1, -0.05) is 24.3 Å². The highest BCUT2D eigenvalue weighted by molar-refractivity contribution is 5.26. The van der Waals surface area contributed by atoms with Gasteiger partial charge in [0.15, 0.2) is 0 Å². The van der Waals surface area contributed by atoms with Crippen molar-refractivity contribution in [1.29, 1.82) is 0 Å². The molecule has 20 heavy (non-hydrogen) atoms. The number of aromatic hydroxyl groups is 1. The molecule has 0 aliphatic heterocycles. The average Bonchev–Trinajstić information content (AvgIpc) is 2.46. The van der Waals surface area contributed by atoms with Crippen LogP contribution >= 0.6 is 0 Å². The molecule has 2 N–H and O–H groups in total. The van der Waals surface area contributed by atoms with Crippen molar-refractivity contribution in [3.8, 4) is 5.75 Å². The van der Waals surface area contributed by atoms with Gasteiger partial charge in [-0.25, -0.2) is 4.39 Å². The zero-order chi connectivity index (χ0) is 14.4. The molecule has 0 aliphatic rings. The highest BCUT2D eigenvalue weighted by Crippen LogP contribution is 2.12. The average molecular weight is 273 g/mol. The minimum atomic E-state index is -0.200. The fraction of sp³-hybridized carbons (Fsp3) is 0.294. The Morgan fingerprint density at radius 2 is 1.60 bits per heavy atom. The monoisotopic (exact) mass is 273 g/mol. The fourth-order valence-corrected chi connectivity index (χ4v) is 2.04. The van der Waals surface area contributed by atoms with Crippen LogP contribution in [-0.2, 0) is 13.0 Å². The standard InChI is InChI=1S/C17H20FNO/c1-13(2-3-14-6-10-17(20)11-7-14)19-12-15-4-8-16(18)9-5-15/h4-11,13,19-20H,2-3,12H2,1H3. The lowest BCUT2D eigenvalue weighted by atomic mass is 10.1. The number of phenolic OH excluding ortho intramolecular Hbond substituents is 1. The van der Waals surface area contributed by atoms with Crippen LogP contribution in [0.2, 0.25) is 0 Å². The molecular weight excluding hydrogens is 253 g/mol. The zero-order valence-corrected chi connectivity index (χ0v) is 11.6. The number of phenols is 1. The van der Waals surface area contributed by atoms with Crippen LogP contribution in [0.5, 0.6) is 5.75 Å². The molecule has 0 amide bonds. The van der Waals surface area contributed by atoms with Crippen LogP contribution < -0.4 is 5.32 Å². The summed E-state index contributed by atoms with van der Waals surface area (Å²) >= 11 is 0. The van der Waals surface area contributed by atoms with E-state index in [1.807, 2.05) is 12.1 Å². The SMILES string of the molecule is CC(CCc1ccc(O)cc1)NCc1ccc(F)cc1. The van der Waals surface area contributed by atoms with Crippen LogP contribution in [0.15, 0.2) is 48.5 Å². The molecule has 2 rings (SSSR count). The third-order valence-corrected chi connectivity index (χ3v) is 3.37. The summed E-state index contributed by atoms with van der Waals surface area (Å²) < 4.78 is 12.8. The van der Waals surface area contributed by atoms with Gasteiger partial charge in [-0.3, -0.25) is 0 Å². The second kappa shape index (κ2) is 7.06. The van der Waals surface area contributed by atoms with Crippen molar-refractivity contribution in [2.75, 3.05) is 0 Å². The van der Waals surface area contributed by atoms with E-state index in [4.69, 9.17) is 0 Å². The molecule has 2 aromatic carbocycles. The smallest absolute Gasteiger partial charge is 0.123 e. The first kappa shape index (κ1) is 14.5. The van der Waals surface area contributed by atoms with Crippen molar-refractivity contribution >= 4 is 0 Å². The molecule has 0 saturated carbocycles. The Bertz CT molecular complexity index is 472. The summed E-state index contributed by atoms with van der Waals surface area (Å²) in [7, 11) is 0. The number of nitrogens with one attached hydrogen (secondary N) is 1. The number of hydrogen-bond donors (Lipinski definition) is 2. The molecular formula is C17H20FNO. The lowest BCUT2D eigenvalue weighted by Gasteiger charge is -2.14. The van der Waals surface area contributed by atoms with E-state index in [0.717, 1.165) is 24.9 Å². The second-order valence-electron chi connectivity index (χ2n) is 5.11. The van der Waals surface area contributed by atoms with Crippen LogP contribution in [0.4, 0.5) is 4.39 Å². The molecule has 1 unspecified atom stereocenters. The maximum Gasteiger partial charge on any atom is 0.123 e. The summed E-state index contributed by atoms with van der Waals surface area (Å²) in [4.78, 5) is 0. The van der Waals surface area contributed by atoms with Crippen LogP contribution in [0, 0.1) is 5.82 Å². The molecule has 0 heterocycles. The van der Waals surface area contributed by atoms with Crippen LogP contribution in [-0.4, -0.2) is 11.1 Å². The van der Waals surface area contributed by atoms with Crippen molar-refractivity contribution in [2.45, 2.75) is 32.4 Å². The number of halogens is 1. The first-order chi connectivity index (χ1) is 9.63. The van der Waals surface area contributed by atoms with Gasteiger partial charge in [0.1, 0.15) is 11.6 Å². The van der Waals surface area contributed by atoms with E-state index in [0.29, 0.717) is 11.8 Å². The lowest BCUT2D eigenvalue weighted by molar-refractivity contribution is 0.474. The minimum Gasteiger partial charge on any atom is -0.508 e. The predicted octanol–water partition coefficient (Wildman–Crippen LogP) is 3.64. The molecule has 0 aliphatic carbocycles. The van der Waals surface area contributed by atoms with Crippen LogP contribution in [0.25, 0.3) is 0 Å². The zero-order valence-electron chi connectivity index (χ0n) is 11.6. The largest absolute Gasteiger partial charge is 0.508 e. The van der Waals surface area contributed by atoms with E-state index < -0.39 is 0 Å². The number of benzene rings is 2. The minimum absolute atomic E-state index is 0.200. The van der Waals surface area contributed by atoms with E-state index in [1.54, 1.807) is 24.3 Å². The highest BCUT2D eigenvalue weighted by Gasteiger charge is 2.03. The number of aryl methyl sites for hydroxylation is 1. The van der Waals surface area contributed by atoms with Gasteiger partial charge in [-0.05, 0) is 55.2 Å². The molecule has 2 nitrogen and oxygen atoms in total. The Morgan fingerprint density at radius 1 is 1.00 bits per heavy atom. The first-order valence-electron chi connectivity index (χ1n) is 6.89. The molecule has 0 bridgehead atoms. The van der Waals surface area contributed by atoms with Crippen molar-refractivity contribution < 1.29 is 9.50 Å². The summed E-state index contributed by atoms with van der Waals surface area (Å²) in [6, 6.07) is 14.3. The van der Waals surface area contributed by atoms with Gasteiger partial charge in [0.05, 0.1) is 0 Å². The van der Waals surface area contributed by atoms with Gasteiger partial charge in [0, 0.05) is 12.6 Å². The fourth-order valence-electron chi connectivity index (χ4n) is 2.04. The van der Waals surface area contributed by atoms with E-state index in [2.05, 4.69) is 12.2 Å². The topological polar surface area (TPSA) is 32.3 Å². The van der Waals surface area contributed by atoms with E-state index in [1.165, 1.54) is 17.7 Å². The van der Waals surface area contributed by atoms with Crippen LogP contribution in [0.1, 0.15) is 24.5 Å². The molecule has 3 heteroatoms. The first-order valence-corrected chi connectivity index (χ1v) is 6.89. The molecule has 1 atom stereocenters. The Hall–Kier alpha value is -1.87. The quantitative estimate of drug-likeness (QED) is 0.842. The predicted molar refractivity (Wildman–Crippen MR) is 79.1 cm³/mol. The molecule has 106 valence electrons. The third kappa shape index (κ3) is 4.67. The molecule has 0 spiro atoms. The highest BCUT2D eigenvalue weighted by atomic mass is 19.1. The molecule has 0 aromatic heterocycles. The van der Waals surface area contributed by atoms with Crippen molar-refractivity contribution in [3.05, 3.63) is 65.5 Å². The van der Waals surface area contributed by atoms with Crippen molar-refractivity contribution in [3.63, 3.8) is 0 Å². The van der Waals surface area contributed by atoms with E-state index >= 15 is 0 Å². The summed E-state index contributed by atoms with van der Waals surface area (Å²) in [6.45, 7) is 2.89.